The fourth-order valence-corrected chi connectivity index (χ4v) is 7.22. The van der Waals surface area contributed by atoms with Gasteiger partial charge in [0.25, 0.3) is 0 Å². The van der Waals surface area contributed by atoms with Crippen molar-refractivity contribution in [1.82, 2.24) is 0 Å². The molecule has 5 N–H and O–H groups in total. The van der Waals surface area contributed by atoms with Crippen molar-refractivity contribution in [3.05, 3.63) is 11.1 Å². The van der Waals surface area contributed by atoms with Crippen molar-refractivity contribution < 1.29 is 9.90 Å². The molecule has 0 amide bonds. The van der Waals surface area contributed by atoms with Gasteiger partial charge < -0.3 is 16.6 Å². The molecule has 3 rings (SSSR count). The number of carbonyl (C=O) groups excluding carboxylic acids is 1. The lowest BCUT2D eigenvalue weighted by atomic mass is 9.49. The molecule has 0 unspecified atom stereocenters. The Morgan fingerprint density at radius 2 is 1.93 bits per heavy atom. The molecule has 0 heterocycles. The van der Waals surface area contributed by atoms with Crippen molar-refractivity contribution in [2.45, 2.75) is 91.4 Å². The van der Waals surface area contributed by atoms with Crippen LogP contribution < -0.4 is 11.5 Å². The minimum Gasteiger partial charge on any atom is -0.396 e. The topological polar surface area (TPSA) is 102 Å². The van der Waals surface area contributed by atoms with E-state index in [4.69, 9.17) is 11.5 Å². The third-order valence-corrected chi connectivity index (χ3v) is 8.82. The SMILES string of the molecule is CCCCCC[C@@H]1[C@@H](CO)C[C@@H]2CC3=C(CCCCN=C(N)N)C(=O)C[C@@]31C2(C)C. The van der Waals surface area contributed by atoms with Gasteiger partial charge in [0.15, 0.2) is 11.7 Å². The van der Waals surface area contributed by atoms with Crippen LogP contribution in [0, 0.1) is 28.6 Å². The third-order valence-electron chi connectivity index (χ3n) is 8.82. The summed E-state index contributed by atoms with van der Waals surface area (Å²) in [7, 11) is 0. The summed E-state index contributed by atoms with van der Waals surface area (Å²) < 4.78 is 0. The van der Waals surface area contributed by atoms with Crippen molar-refractivity contribution >= 4 is 11.7 Å². The van der Waals surface area contributed by atoms with Crippen LogP contribution >= 0.6 is 0 Å². The third kappa shape index (κ3) is 3.94. The van der Waals surface area contributed by atoms with Crippen LogP contribution in [0.25, 0.3) is 0 Å². The van der Waals surface area contributed by atoms with Gasteiger partial charge in [0.1, 0.15) is 0 Å². The predicted octanol–water partition coefficient (Wildman–Crippen LogP) is 4.33. The largest absolute Gasteiger partial charge is 0.396 e. The van der Waals surface area contributed by atoms with E-state index in [0.29, 0.717) is 36.5 Å². The van der Waals surface area contributed by atoms with E-state index in [9.17, 15) is 9.90 Å². The standard InChI is InChI=1S/C25H43N3O2/c1-4-5-6-7-11-20-17(16-29)13-18-14-21-19(10-8-9-12-28-23(26)27)22(30)15-25(20,21)24(18,2)3/h17-18,20,29H,4-16H2,1-3H3,(H4,26,27,28)/t17-,18-,20-,25+/m1/s1. The zero-order chi connectivity index (χ0) is 21.9. The molecule has 2 fully saturated rings. The number of aliphatic hydroxyl groups excluding tert-OH is 1. The molecule has 3 aliphatic carbocycles. The Kier molecular flexibility index (Phi) is 7.32. The van der Waals surface area contributed by atoms with E-state index in [-0.39, 0.29) is 23.4 Å². The van der Waals surface area contributed by atoms with E-state index in [1.165, 1.54) is 31.3 Å². The lowest BCUT2D eigenvalue weighted by molar-refractivity contribution is -0.123. The molecule has 0 aromatic rings. The van der Waals surface area contributed by atoms with E-state index < -0.39 is 0 Å². The van der Waals surface area contributed by atoms with Gasteiger partial charge in [0.2, 0.25) is 0 Å². The number of nitrogens with zero attached hydrogens (tertiary/aromatic N) is 1. The highest BCUT2D eigenvalue weighted by molar-refractivity contribution is 6.00. The second-order valence-electron chi connectivity index (χ2n) is 10.5. The second-order valence-corrected chi connectivity index (χ2v) is 10.5. The van der Waals surface area contributed by atoms with Crippen molar-refractivity contribution in [2.24, 2.45) is 45.0 Å². The van der Waals surface area contributed by atoms with Crippen LogP contribution in [0.15, 0.2) is 16.1 Å². The maximum atomic E-state index is 13.3. The van der Waals surface area contributed by atoms with Gasteiger partial charge in [-0.1, -0.05) is 52.0 Å². The summed E-state index contributed by atoms with van der Waals surface area (Å²) in [5.41, 5.74) is 13.5. The number of aliphatic imine (C=N–C) groups is 1. The molecular weight excluding hydrogens is 374 g/mol. The second kappa shape index (κ2) is 9.42. The first kappa shape index (κ1) is 23.3. The lowest BCUT2D eigenvalue weighted by Crippen LogP contribution is -2.51. The molecule has 0 aliphatic heterocycles. The molecular formula is C25H43N3O2. The molecule has 170 valence electrons. The Labute approximate surface area is 182 Å². The molecule has 30 heavy (non-hydrogen) atoms. The number of aliphatic hydroxyl groups is 1. The van der Waals surface area contributed by atoms with Gasteiger partial charge >= 0.3 is 0 Å². The van der Waals surface area contributed by atoms with Crippen molar-refractivity contribution in [3.8, 4) is 0 Å². The molecule has 3 aliphatic rings. The Hall–Kier alpha value is -1.36. The van der Waals surface area contributed by atoms with Gasteiger partial charge in [0, 0.05) is 25.0 Å². The minimum atomic E-state index is -0.0260. The summed E-state index contributed by atoms with van der Waals surface area (Å²) in [6.07, 6.45) is 11.7. The van der Waals surface area contributed by atoms with Crippen LogP contribution in [-0.2, 0) is 4.79 Å². The van der Waals surface area contributed by atoms with Gasteiger partial charge in [0.05, 0.1) is 0 Å². The fourth-order valence-electron chi connectivity index (χ4n) is 7.22. The molecule has 5 nitrogen and oxygen atoms in total. The first-order valence-electron chi connectivity index (χ1n) is 12.2. The van der Waals surface area contributed by atoms with Crippen LogP contribution in [-0.4, -0.2) is 30.0 Å². The molecule has 2 saturated carbocycles. The number of hydrogen-bond acceptors (Lipinski definition) is 3. The van der Waals surface area contributed by atoms with Gasteiger partial charge in [-0.2, -0.15) is 0 Å². The first-order valence-corrected chi connectivity index (χ1v) is 12.2. The Balaban J connectivity index is 1.85. The molecule has 2 bridgehead atoms. The zero-order valence-electron chi connectivity index (χ0n) is 19.4. The fraction of sp³-hybridized carbons (Fsp3) is 0.840. The van der Waals surface area contributed by atoms with Gasteiger partial charge in [-0.15, -0.1) is 0 Å². The molecule has 4 atom stereocenters. The normalized spacial score (nSPS) is 31.9. The number of Topliss-reactive ketones (excluding diaryl/α,β-unsaturated/α-hetero) is 1. The number of unbranched alkanes of at least 4 members (excludes halogenated alkanes) is 4. The summed E-state index contributed by atoms with van der Waals surface area (Å²) in [4.78, 5) is 17.3. The molecule has 1 spiro atoms. The van der Waals surface area contributed by atoms with E-state index in [1.807, 2.05) is 0 Å². The molecule has 0 saturated heterocycles. The Morgan fingerprint density at radius 1 is 1.17 bits per heavy atom. The number of fused-ring (bicyclic) bond motifs is 1. The van der Waals surface area contributed by atoms with E-state index in [2.05, 4.69) is 25.8 Å². The summed E-state index contributed by atoms with van der Waals surface area (Å²) in [6.45, 7) is 7.96. The van der Waals surface area contributed by atoms with Crippen LogP contribution in [0.5, 0.6) is 0 Å². The smallest absolute Gasteiger partial charge is 0.185 e. The monoisotopic (exact) mass is 417 g/mol. The number of carbonyl (C=O) groups is 1. The number of nitrogens with two attached hydrogens (primary N) is 2. The predicted molar refractivity (Wildman–Crippen MR) is 123 cm³/mol. The highest BCUT2D eigenvalue weighted by Gasteiger charge is 2.68. The first-order chi connectivity index (χ1) is 14.3. The average molecular weight is 418 g/mol. The van der Waals surface area contributed by atoms with Gasteiger partial charge in [-0.05, 0) is 67.3 Å². The maximum absolute atomic E-state index is 13.3. The van der Waals surface area contributed by atoms with Crippen LogP contribution in [0.2, 0.25) is 0 Å². The van der Waals surface area contributed by atoms with E-state index in [1.54, 1.807) is 0 Å². The Bertz CT molecular complexity index is 693. The highest BCUT2D eigenvalue weighted by atomic mass is 16.3. The summed E-state index contributed by atoms with van der Waals surface area (Å²) in [5, 5.41) is 10.3. The van der Waals surface area contributed by atoms with Crippen LogP contribution in [0.3, 0.4) is 0 Å². The van der Waals surface area contributed by atoms with Gasteiger partial charge in [-0.3, -0.25) is 9.79 Å². The van der Waals surface area contributed by atoms with Crippen molar-refractivity contribution in [2.75, 3.05) is 13.2 Å². The summed E-state index contributed by atoms with van der Waals surface area (Å²) >= 11 is 0. The number of allylic oxidation sites excluding steroid dienone is 2. The number of guanidine groups is 1. The molecule has 0 aromatic heterocycles. The zero-order valence-corrected chi connectivity index (χ0v) is 19.4. The summed E-state index contributed by atoms with van der Waals surface area (Å²) in [5.74, 6) is 1.87. The van der Waals surface area contributed by atoms with Gasteiger partial charge in [-0.25, -0.2) is 0 Å². The minimum absolute atomic E-state index is 0.0260. The van der Waals surface area contributed by atoms with E-state index in [0.717, 1.165) is 44.1 Å². The lowest BCUT2D eigenvalue weighted by Gasteiger charge is -2.55. The highest BCUT2D eigenvalue weighted by Crippen LogP contribution is 2.74. The molecule has 0 radical (unpaired) electrons. The number of hydrogen-bond donors (Lipinski definition) is 3. The van der Waals surface area contributed by atoms with Crippen LogP contribution in [0.1, 0.15) is 91.4 Å². The number of ketones is 1. The molecule has 5 heteroatoms. The maximum Gasteiger partial charge on any atom is 0.185 e. The van der Waals surface area contributed by atoms with Crippen molar-refractivity contribution in [1.29, 1.82) is 0 Å². The quantitative estimate of drug-likeness (QED) is 0.264. The van der Waals surface area contributed by atoms with E-state index >= 15 is 0 Å². The average Bonchev–Trinajstić information content (AvgIpc) is 3.01. The van der Waals surface area contributed by atoms with Crippen molar-refractivity contribution in [3.63, 3.8) is 0 Å². The number of rotatable bonds is 11. The van der Waals surface area contributed by atoms with Crippen LogP contribution in [0.4, 0.5) is 0 Å². The Morgan fingerprint density at radius 3 is 2.60 bits per heavy atom. The summed E-state index contributed by atoms with van der Waals surface area (Å²) in [6, 6.07) is 0. The molecule has 0 aromatic carbocycles.